The van der Waals surface area contributed by atoms with Crippen molar-refractivity contribution in [3.63, 3.8) is 0 Å². The van der Waals surface area contributed by atoms with Crippen molar-refractivity contribution < 1.29 is 28.6 Å². The Morgan fingerprint density at radius 3 is 1.96 bits per heavy atom. The first kappa shape index (κ1) is 19.7. The molecular weight excluding hydrogens is 326 g/mol. The highest BCUT2D eigenvalue weighted by Gasteiger charge is 2.56. The fourth-order valence-corrected chi connectivity index (χ4v) is 4.16. The van der Waals surface area contributed by atoms with Crippen LogP contribution in [0.3, 0.4) is 0 Å². The molecular formula is C18H29NO6. The maximum Gasteiger partial charge on any atom is 0.323 e. The number of ether oxygens (including phenoxy) is 3. The maximum atomic E-state index is 12.7. The van der Waals surface area contributed by atoms with Gasteiger partial charge in [-0.25, -0.2) is 0 Å². The summed E-state index contributed by atoms with van der Waals surface area (Å²) in [5.41, 5.74) is 0. The largest absolute Gasteiger partial charge is 0.468 e. The Balaban J connectivity index is 2.34. The minimum atomic E-state index is -0.918. The van der Waals surface area contributed by atoms with Crippen LogP contribution in [0.1, 0.15) is 46.0 Å². The van der Waals surface area contributed by atoms with E-state index < -0.39 is 35.8 Å². The third-order valence-electron chi connectivity index (χ3n) is 5.24. The van der Waals surface area contributed by atoms with E-state index in [1.807, 2.05) is 0 Å². The number of nitrogens with one attached hydrogen (secondary N) is 1. The summed E-state index contributed by atoms with van der Waals surface area (Å²) in [6, 6.07) is -1.16. The Labute approximate surface area is 148 Å². The van der Waals surface area contributed by atoms with Crippen LogP contribution in [0.15, 0.2) is 0 Å². The van der Waals surface area contributed by atoms with E-state index in [0.717, 1.165) is 25.7 Å². The van der Waals surface area contributed by atoms with Crippen LogP contribution in [0.5, 0.6) is 0 Å². The Bertz CT molecular complexity index is 488. The second-order valence-electron chi connectivity index (χ2n) is 6.65. The zero-order chi connectivity index (χ0) is 18.4. The molecule has 7 nitrogen and oxygen atoms in total. The summed E-state index contributed by atoms with van der Waals surface area (Å²) in [4.78, 5) is 37.4. The number of carbonyl (C=O) groups is 3. The molecule has 25 heavy (non-hydrogen) atoms. The molecule has 1 saturated carbocycles. The normalized spacial score (nSPS) is 29.9. The van der Waals surface area contributed by atoms with Gasteiger partial charge < -0.3 is 14.2 Å². The maximum absolute atomic E-state index is 12.7. The Morgan fingerprint density at radius 1 is 0.880 bits per heavy atom. The van der Waals surface area contributed by atoms with Crippen molar-refractivity contribution in [2.24, 2.45) is 17.8 Å². The molecule has 0 radical (unpaired) electrons. The number of hydrogen-bond donors (Lipinski definition) is 1. The lowest BCUT2D eigenvalue weighted by Gasteiger charge is -2.31. The number of rotatable bonds is 6. The fraction of sp³-hybridized carbons (Fsp3) is 0.833. The van der Waals surface area contributed by atoms with E-state index in [1.165, 1.54) is 13.5 Å². The van der Waals surface area contributed by atoms with Gasteiger partial charge in [-0.15, -0.1) is 0 Å². The van der Waals surface area contributed by atoms with Crippen molar-refractivity contribution >= 4 is 17.9 Å². The Morgan fingerprint density at radius 2 is 1.44 bits per heavy atom. The van der Waals surface area contributed by atoms with Gasteiger partial charge in [-0.2, -0.15) is 0 Å². The lowest BCUT2D eigenvalue weighted by Crippen LogP contribution is -2.43. The summed E-state index contributed by atoms with van der Waals surface area (Å²) in [6.45, 7) is 3.84. The van der Waals surface area contributed by atoms with E-state index in [-0.39, 0.29) is 25.2 Å². The molecule has 0 amide bonds. The van der Waals surface area contributed by atoms with E-state index in [2.05, 4.69) is 5.32 Å². The van der Waals surface area contributed by atoms with Crippen LogP contribution in [0.4, 0.5) is 0 Å². The van der Waals surface area contributed by atoms with Crippen molar-refractivity contribution in [1.29, 1.82) is 0 Å². The van der Waals surface area contributed by atoms with Crippen LogP contribution in [0.2, 0.25) is 0 Å². The summed E-state index contributed by atoms with van der Waals surface area (Å²) < 4.78 is 15.2. The van der Waals surface area contributed by atoms with Crippen LogP contribution in [-0.2, 0) is 28.6 Å². The molecule has 0 spiro atoms. The monoisotopic (exact) mass is 355 g/mol. The summed E-state index contributed by atoms with van der Waals surface area (Å²) in [7, 11) is 1.28. The van der Waals surface area contributed by atoms with Crippen molar-refractivity contribution in [2.75, 3.05) is 20.3 Å². The second kappa shape index (κ2) is 9.17. The standard InChI is InChI=1S/C18H29NO6/c1-4-24-16(20)12-13(17(21)25-5-2)15(18(22)23-3)19-14(12)11-9-7-6-8-10-11/h11-15,19H,4-10H2,1-3H3/t12-,13+,14-,15-/m0/s1. The predicted octanol–water partition coefficient (Wildman–Crippen LogP) is 1.44. The van der Waals surface area contributed by atoms with Gasteiger partial charge in [-0.05, 0) is 32.6 Å². The highest BCUT2D eigenvalue weighted by molar-refractivity contribution is 5.91. The molecule has 0 aromatic heterocycles. The van der Waals surface area contributed by atoms with Gasteiger partial charge in [0, 0.05) is 6.04 Å². The summed E-state index contributed by atoms with van der Waals surface area (Å²) >= 11 is 0. The molecule has 1 aliphatic heterocycles. The van der Waals surface area contributed by atoms with Gasteiger partial charge in [-0.1, -0.05) is 19.3 Å². The van der Waals surface area contributed by atoms with E-state index in [0.29, 0.717) is 0 Å². The third-order valence-corrected chi connectivity index (χ3v) is 5.24. The number of esters is 3. The Kier molecular flexibility index (Phi) is 7.23. The van der Waals surface area contributed by atoms with Gasteiger partial charge >= 0.3 is 17.9 Å². The molecule has 1 saturated heterocycles. The zero-order valence-electron chi connectivity index (χ0n) is 15.3. The highest BCUT2D eigenvalue weighted by atomic mass is 16.5. The highest BCUT2D eigenvalue weighted by Crippen LogP contribution is 2.39. The summed E-state index contributed by atoms with van der Waals surface area (Å²) in [5.74, 6) is -2.97. The van der Waals surface area contributed by atoms with Crippen LogP contribution in [0, 0.1) is 17.8 Å². The molecule has 1 N–H and O–H groups in total. The van der Waals surface area contributed by atoms with Gasteiger partial charge in [0.15, 0.2) is 0 Å². The predicted molar refractivity (Wildman–Crippen MR) is 89.5 cm³/mol. The van der Waals surface area contributed by atoms with Gasteiger partial charge in [0.25, 0.3) is 0 Å². The van der Waals surface area contributed by atoms with E-state index in [9.17, 15) is 14.4 Å². The van der Waals surface area contributed by atoms with Crippen molar-refractivity contribution in [2.45, 2.75) is 58.0 Å². The molecule has 4 atom stereocenters. The first-order chi connectivity index (χ1) is 12.0. The van der Waals surface area contributed by atoms with Crippen molar-refractivity contribution in [3.8, 4) is 0 Å². The Hall–Kier alpha value is -1.63. The number of carbonyl (C=O) groups excluding carboxylic acids is 3. The molecule has 1 aliphatic carbocycles. The first-order valence-electron chi connectivity index (χ1n) is 9.22. The minimum Gasteiger partial charge on any atom is -0.468 e. The first-order valence-corrected chi connectivity index (χ1v) is 9.22. The van der Waals surface area contributed by atoms with Gasteiger partial charge in [-0.3, -0.25) is 19.7 Å². The van der Waals surface area contributed by atoms with Gasteiger partial charge in [0.2, 0.25) is 0 Å². The average Bonchev–Trinajstić information content (AvgIpc) is 3.03. The zero-order valence-corrected chi connectivity index (χ0v) is 15.3. The molecule has 1 heterocycles. The number of methoxy groups -OCH3 is 1. The molecule has 7 heteroatoms. The lowest BCUT2D eigenvalue weighted by atomic mass is 9.76. The van der Waals surface area contributed by atoms with E-state index in [4.69, 9.17) is 14.2 Å². The lowest BCUT2D eigenvalue weighted by molar-refractivity contribution is -0.162. The third kappa shape index (κ3) is 4.32. The topological polar surface area (TPSA) is 90.9 Å². The molecule has 2 aliphatic rings. The van der Waals surface area contributed by atoms with E-state index in [1.54, 1.807) is 13.8 Å². The number of hydrogen-bond acceptors (Lipinski definition) is 7. The van der Waals surface area contributed by atoms with Crippen molar-refractivity contribution in [3.05, 3.63) is 0 Å². The SMILES string of the molecule is CCOC(=O)[C@@H]1[C@H](C(=O)OCC)[C@H](C2CCCCC2)N[C@@H]1C(=O)OC. The molecule has 2 fully saturated rings. The summed E-state index contributed by atoms with van der Waals surface area (Å²) in [6.07, 6.45) is 5.29. The molecule has 0 aromatic carbocycles. The van der Waals surface area contributed by atoms with Crippen LogP contribution < -0.4 is 5.32 Å². The van der Waals surface area contributed by atoms with Crippen LogP contribution in [-0.4, -0.2) is 50.3 Å². The molecule has 142 valence electrons. The average molecular weight is 355 g/mol. The molecule has 0 unspecified atom stereocenters. The van der Waals surface area contributed by atoms with E-state index >= 15 is 0 Å². The van der Waals surface area contributed by atoms with Crippen LogP contribution in [0.25, 0.3) is 0 Å². The minimum absolute atomic E-state index is 0.187. The quantitative estimate of drug-likeness (QED) is 0.569. The molecule has 0 aromatic rings. The molecule has 0 bridgehead atoms. The fourth-order valence-electron chi connectivity index (χ4n) is 4.16. The van der Waals surface area contributed by atoms with Crippen molar-refractivity contribution in [1.82, 2.24) is 5.32 Å². The van der Waals surface area contributed by atoms with Crippen LogP contribution >= 0.6 is 0 Å². The van der Waals surface area contributed by atoms with Gasteiger partial charge in [0.1, 0.15) is 6.04 Å². The smallest absolute Gasteiger partial charge is 0.323 e. The summed E-state index contributed by atoms with van der Waals surface area (Å²) in [5, 5.41) is 3.21. The van der Waals surface area contributed by atoms with Gasteiger partial charge in [0.05, 0.1) is 32.2 Å². The second-order valence-corrected chi connectivity index (χ2v) is 6.65. The molecule has 2 rings (SSSR count).